The predicted octanol–water partition coefficient (Wildman–Crippen LogP) is 1.86. The van der Waals surface area contributed by atoms with Gasteiger partial charge in [0.1, 0.15) is 5.82 Å². The summed E-state index contributed by atoms with van der Waals surface area (Å²) in [5.74, 6) is -0.184. The van der Waals surface area contributed by atoms with Crippen LogP contribution in [0.15, 0.2) is 18.2 Å². The average Bonchev–Trinajstić information content (AvgIpc) is 2.38. The Morgan fingerprint density at radius 2 is 2.21 bits per heavy atom. The van der Waals surface area contributed by atoms with E-state index in [9.17, 15) is 4.39 Å². The van der Waals surface area contributed by atoms with Crippen LogP contribution in [-0.4, -0.2) is 12.6 Å². The second kappa shape index (κ2) is 2.95. The molecule has 0 aliphatic carbocycles. The maximum atomic E-state index is 13.1. The first-order chi connectivity index (χ1) is 6.55. The van der Waals surface area contributed by atoms with E-state index >= 15 is 0 Å². The van der Waals surface area contributed by atoms with Crippen molar-refractivity contribution in [2.24, 2.45) is 5.73 Å². The van der Waals surface area contributed by atoms with Gasteiger partial charge < -0.3 is 11.1 Å². The number of halogens is 1. The molecule has 3 N–H and O–H groups in total. The Hall–Kier alpha value is -1.09. The van der Waals surface area contributed by atoms with Crippen LogP contribution >= 0.6 is 0 Å². The highest BCUT2D eigenvalue weighted by atomic mass is 19.1. The molecular formula is C11H15FN2. The van der Waals surface area contributed by atoms with Crippen molar-refractivity contribution in [2.45, 2.75) is 25.3 Å². The van der Waals surface area contributed by atoms with Crippen LogP contribution in [0, 0.1) is 5.82 Å². The van der Waals surface area contributed by atoms with Crippen molar-refractivity contribution in [1.29, 1.82) is 0 Å². The van der Waals surface area contributed by atoms with E-state index in [2.05, 4.69) is 19.2 Å². The summed E-state index contributed by atoms with van der Waals surface area (Å²) in [4.78, 5) is 0. The van der Waals surface area contributed by atoms with Crippen LogP contribution in [0.2, 0.25) is 0 Å². The van der Waals surface area contributed by atoms with Crippen LogP contribution in [0.4, 0.5) is 10.1 Å². The Balaban J connectivity index is 2.50. The number of nitrogens with one attached hydrogen (secondary N) is 1. The van der Waals surface area contributed by atoms with E-state index in [1.165, 1.54) is 6.07 Å². The molecule has 1 aliphatic rings. The van der Waals surface area contributed by atoms with Gasteiger partial charge in [-0.25, -0.2) is 4.39 Å². The van der Waals surface area contributed by atoms with Crippen molar-refractivity contribution in [1.82, 2.24) is 0 Å². The van der Waals surface area contributed by atoms with Crippen molar-refractivity contribution in [3.05, 3.63) is 29.6 Å². The Morgan fingerprint density at radius 1 is 1.50 bits per heavy atom. The molecule has 0 fully saturated rings. The first-order valence-corrected chi connectivity index (χ1v) is 4.82. The molecule has 1 atom stereocenters. The molecule has 1 aliphatic heterocycles. The molecule has 0 bridgehead atoms. The van der Waals surface area contributed by atoms with Gasteiger partial charge in [0.2, 0.25) is 0 Å². The zero-order valence-electron chi connectivity index (χ0n) is 8.47. The lowest BCUT2D eigenvalue weighted by Gasteiger charge is -2.26. The fourth-order valence-corrected chi connectivity index (χ4v) is 2.08. The highest BCUT2D eigenvalue weighted by Crippen LogP contribution is 2.40. The second-order valence-corrected chi connectivity index (χ2v) is 4.34. The minimum Gasteiger partial charge on any atom is -0.380 e. The molecule has 0 amide bonds. The first-order valence-electron chi connectivity index (χ1n) is 4.82. The molecule has 0 spiro atoms. The van der Waals surface area contributed by atoms with Gasteiger partial charge >= 0.3 is 0 Å². The summed E-state index contributed by atoms with van der Waals surface area (Å²) in [6, 6.07) is 5.04. The minimum absolute atomic E-state index is 0.0911. The molecule has 0 aromatic heterocycles. The lowest BCUT2D eigenvalue weighted by Crippen LogP contribution is -2.39. The highest BCUT2D eigenvalue weighted by molar-refractivity contribution is 5.61. The number of fused-ring (bicyclic) bond motifs is 1. The molecule has 2 nitrogen and oxygen atoms in total. The third-order valence-corrected chi connectivity index (χ3v) is 3.11. The Bertz CT molecular complexity index is 360. The number of anilines is 1. The minimum atomic E-state index is -0.184. The summed E-state index contributed by atoms with van der Waals surface area (Å²) in [7, 11) is 0. The molecule has 76 valence electrons. The summed E-state index contributed by atoms with van der Waals surface area (Å²) in [5, 5.41) is 3.31. The Kier molecular flexibility index (Phi) is 2.00. The van der Waals surface area contributed by atoms with Crippen molar-refractivity contribution in [2.75, 3.05) is 11.9 Å². The molecule has 1 heterocycles. The van der Waals surface area contributed by atoms with E-state index in [0.29, 0.717) is 6.54 Å². The molecule has 14 heavy (non-hydrogen) atoms. The molecule has 0 saturated carbocycles. The number of nitrogens with two attached hydrogens (primary N) is 1. The van der Waals surface area contributed by atoms with E-state index in [1.54, 1.807) is 12.1 Å². The third-order valence-electron chi connectivity index (χ3n) is 3.11. The van der Waals surface area contributed by atoms with Gasteiger partial charge in [-0.1, -0.05) is 13.8 Å². The molecule has 2 rings (SSSR count). The summed E-state index contributed by atoms with van der Waals surface area (Å²) in [5.41, 5.74) is 7.61. The van der Waals surface area contributed by atoms with Crippen LogP contribution in [0.5, 0.6) is 0 Å². The lowest BCUT2D eigenvalue weighted by atomic mass is 9.81. The molecule has 3 heteroatoms. The van der Waals surface area contributed by atoms with Crippen molar-refractivity contribution in [3.8, 4) is 0 Å². The van der Waals surface area contributed by atoms with Gasteiger partial charge in [-0.15, -0.1) is 0 Å². The number of benzene rings is 1. The van der Waals surface area contributed by atoms with Gasteiger partial charge in [0, 0.05) is 23.7 Å². The van der Waals surface area contributed by atoms with E-state index in [-0.39, 0.29) is 17.3 Å². The fourth-order valence-electron chi connectivity index (χ4n) is 2.08. The largest absolute Gasteiger partial charge is 0.380 e. The van der Waals surface area contributed by atoms with Gasteiger partial charge in [-0.3, -0.25) is 0 Å². The number of rotatable bonds is 1. The Labute approximate surface area is 83.3 Å². The molecule has 1 aromatic rings. The maximum absolute atomic E-state index is 13.1. The number of hydrogen-bond donors (Lipinski definition) is 2. The van der Waals surface area contributed by atoms with Crippen molar-refractivity contribution >= 4 is 5.69 Å². The van der Waals surface area contributed by atoms with E-state index in [0.717, 1.165) is 11.3 Å². The van der Waals surface area contributed by atoms with Gasteiger partial charge in [0.25, 0.3) is 0 Å². The van der Waals surface area contributed by atoms with Crippen LogP contribution < -0.4 is 11.1 Å². The van der Waals surface area contributed by atoms with Gasteiger partial charge in [0.05, 0.1) is 0 Å². The monoisotopic (exact) mass is 194 g/mol. The predicted molar refractivity (Wildman–Crippen MR) is 55.9 cm³/mol. The van der Waals surface area contributed by atoms with Crippen LogP contribution in [0.3, 0.4) is 0 Å². The summed E-state index contributed by atoms with van der Waals surface area (Å²) >= 11 is 0. The van der Waals surface area contributed by atoms with Crippen LogP contribution in [0.25, 0.3) is 0 Å². The summed E-state index contributed by atoms with van der Waals surface area (Å²) in [6.45, 7) is 4.73. The van der Waals surface area contributed by atoms with Crippen LogP contribution in [0.1, 0.15) is 19.4 Å². The molecule has 1 unspecified atom stereocenters. The topological polar surface area (TPSA) is 38.0 Å². The van der Waals surface area contributed by atoms with E-state index in [4.69, 9.17) is 5.73 Å². The van der Waals surface area contributed by atoms with Gasteiger partial charge in [0.15, 0.2) is 0 Å². The average molecular weight is 194 g/mol. The van der Waals surface area contributed by atoms with Crippen molar-refractivity contribution < 1.29 is 4.39 Å². The quantitative estimate of drug-likeness (QED) is 0.716. The first kappa shape index (κ1) is 9.46. The molecular weight excluding hydrogens is 179 g/mol. The fraction of sp³-hybridized carbons (Fsp3) is 0.455. The number of hydrogen-bond acceptors (Lipinski definition) is 2. The zero-order chi connectivity index (χ0) is 10.3. The summed E-state index contributed by atoms with van der Waals surface area (Å²) < 4.78 is 13.1. The summed E-state index contributed by atoms with van der Waals surface area (Å²) in [6.07, 6.45) is 0. The Morgan fingerprint density at radius 3 is 2.86 bits per heavy atom. The van der Waals surface area contributed by atoms with Gasteiger partial charge in [-0.2, -0.15) is 0 Å². The molecule has 0 radical (unpaired) electrons. The smallest absolute Gasteiger partial charge is 0.123 e. The normalized spacial score (nSPS) is 23.0. The second-order valence-electron chi connectivity index (χ2n) is 4.34. The molecule has 0 saturated heterocycles. The maximum Gasteiger partial charge on any atom is 0.123 e. The van der Waals surface area contributed by atoms with Crippen LogP contribution in [-0.2, 0) is 5.41 Å². The molecule has 1 aromatic carbocycles. The van der Waals surface area contributed by atoms with E-state index < -0.39 is 0 Å². The van der Waals surface area contributed by atoms with Crippen molar-refractivity contribution in [3.63, 3.8) is 0 Å². The van der Waals surface area contributed by atoms with E-state index in [1.807, 2.05) is 0 Å². The highest BCUT2D eigenvalue weighted by Gasteiger charge is 2.38. The SMILES string of the molecule is CC1(C)c2cc(F)ccc2NC1CN. The zero-order valence-corrected chi connectivity index (χ0v) is 8.47. The lowest BCUT2D eigenvalue weighted by molar-refractivity contribution is 0.463. The van der Waals surface area contributed by atoms with Gasteiger partial charge in [-0.05, 0) is 23.8 Å². The third kappa shape index (κ3) is 1.20. The standard InChI is InChI=1S/C11H15FN2/c1-11(2)8-5-7(12)3-4-9(8)14-10(11)6-13/h3-5,10,14H,6,13H2,1-2H3.